The SMILES string of the molecule is CCN(CC)CC[n+]1c2ccccc2n2cc(C(C)(C)C)[nH]c21. The highest BCUT2D eigenvalue weighted by molar-refractivity contribution is 5.75. The van der Waals surface area contributed by atoms with E-state index >= 15 is 0 Å². The van der Waals surface area contributed by atoms with E-state index in [-0.39, 0.29) is 5.41 Å². The van der Waals surface area contributed by atoms with Gasteiger partial charge in [0, 0.05) is 12.0 Å². The minimum atomic E-state index is 0.122. The lowest BCUT2D eigenvalue weighted by Crippen LogP contribution is -2.41. The van der Waals surface area contributed by atoms with E-state index in [1.165, 1.54) is 22.5 Å². The van der Waals surface area contributed by atoms with Gasteiger partial charge in [-0.25, -0.2) is 9.55 Å². The van der Waals surface area contributed by atoms with Crippen LogP contribution in [0.5, 0.6) is 0 Å². The van der Waals surface area contributed by atoms with Gasteiger partial charge in [-0.05, 0) is 25.2 Å². The molecular formula is C19H29N4+. The molecule has 0 unspecified atom stereocenters. The molecule has 1 aromatic carbocycles. The number of aromatic amines is 1. The number of hydrogen-bond donors (Lipinski definition) is 1. The van der Waals surface area contributed by atoms with Gasteiger partial charge in [0.05, 0.1) is 6.54 Å². The summed E-state index contributed by atoms with van der Waals surface area (Å²) in [5.74, 6) is 1.18. The third-order valence-electron chi connectivity index (χ3n) is 4.76. The molecule has 3 rings (SSSR count). The maximum Gasteiger partial charge on any atom is 0.367 e. The summed E-state index contributed by atoms with van der Waals surface area (Å²) in [5.41, 5.74) is 3.96. The van der Waals surface area contributed by atoms with Crippen LogP contribution in [0.3, 0.4) is 0 Å². The average Bonchev–Trinajstić information content (AvgIpc) is 3.07. The van der Waals surface area contributed by atoms with E-state index < -0.39 is 0 Å². The van der Waals surface area contributed by atoms with E-state index in [4.69, 9.17) is 0 Å². The molecule has 2 aromatic heterocycles. The topological polar surface area (TPSA) is 27.3 Å². The Hall–Kier alpha value is -1.81. The van der Waals surface area contributed by atoms with Crippen LogP contribution in [0.4, 0.5) is 0 Å². The second kappa shape index (κ2) is 6.00. The van der Waals surface area contributed by atoms with Crippen LogP contribution >= 0.6 is 0 Å². The summed E-state index contributed by atoms with van der Waals surface area (Å²) in [5, 5.41) is 0. The van der Waals surface area contributed by atoms with Gasteiger partial charge in [-0.15, -0.1) is 0 Å². The zero-order chi connectivity index (χ0) is 16.6. The molecule has 0 aliphatic carbocycles. The lowest BCUT2D eigenvalue weighted by Gasteiger charge is -2.16. The van der Waals surface area contributed by atoms with E-state index in [0.29, 0.717) is 0 Å². The molecule has 23 heavy (non-hydrogen) atoms. The largest absolute Gasteiger partial charge is 0.367 e. The number of hydrogen-bond acceptors (Lipinski definition) is 1. The Kier molecular flexibility index (Phi) is 4.19. The number of likely N-dealkylation sites (N-methyl/N-ethyl adjacent to an activating group) is 1. The van der Waals surface area contributed by atoms with Crippen LogP contribution in [0.15, 0.2) is 30.5 Å². The van der Waals surface area contributed by atoms with Gasteiger partial charge in [0.1, 0.15) is 22.9 Å². The number of fused-ring (bicyclic) bond motifs is 3. The van der Waals surface area contributed by atoms with Crippen molar-refractivity contribution in [2.24, 2.45) is 0 Å². The van der Waals surface area contributed by atoms with Gasteiger partial charge in [0.25, 0.3) is 0 Å². The van der Waals surface area contributed by atoms with Crippen molar-refractivity contribution >= 4 is 16.8 Å². The van der Waals surface area contributed by atoms with Crippen molar-refractivity contribution in [1.29, 1.82) is 0 Å². The molecule has 0 saturated carbocycles. The van der Waals surface area contributed by atoms with Crippen molar-refractivity contribution in [3.8, 4) is 0 Å². The number of nitrogens with zero attached hydrogens (tertiary/aromatic N) is 3. The van der Waals surface area contributed by atoms with Crippen LogP contribution < -0.4 is 4.57 Å². The molecule has 0 spiro atoms. The summed E-state index contributed by atoms with van der Waals surface area (Å²) >= 11 is 0. The first-order valence-corrected chi connectivity index (χ1v) is 8.70. The molecule has 0 fully saturated rings. The van der Waals surface area contributed by atoms with Gasteiger partial charge in [0.2, 0.25) is 0 Å². The molecule has 3 aromatic rings. The third kappa shape index (κ3) is 2.88. The van der Waals surface area contributed by atoms with Crippen molar-refractivity contribution in [3.05, 3.63) is 36.2 Å². The quantitative estimate of drug-likeness (QED) is 0.719. The molecule has 0 saturated heterocycles. The molecular weight excluding hydrogens is 284 g/mol. The maximum atomic E-state index is 3.66. The zero-order valence-corrected chi connectivity index (χ0v) is 15.1. The molecule has 2 heterocycles. The summed E-state index contributed by atoms with van der Waals surface area (Å²) < 4.78 is 4.72. The minimum absolute atomic E-state index is 0.122. The predicted molar refractivity (Wildman–Crippen MR) is 95.9 cm³/mol. The van der Waals surface area contributed by atoms with E-state index in [1.807, 2.05) is 0 Å². The highest BCUT2D eigenvalue weighted by atomic mass is 15.2. The molecule has 0 radical (unpaired) electrons. The fraction of sp³-hybridized carbons (Fsp3) is 0.526. The molecule has 0 aliphatic rings. The molecule has 124 valence electrons. The molecule has 0 atom stereocenters. The zero-order valence-electron chi connectivity index (χ0n) is 15.1. The van der Waals surface area contributed by atoms with Crippen LogP contribution in [0.1, 0.15) is 40.3 Å². The van der Waals surface area contributed by atoms with Crippen LogP contribution in [-0.2, 0) is 12.0 Å². The van der Waals surface area contributed by atoms with Crippen molar-refractivity contribution < 1.29 is 4.57 Å². The van der Waals surface area contributed by atoms with Gasteiger partial charge in [-0.1, -0.05) is 46.8 Å². The molecule has 0 aliphatic heterocycles. The molecule has 4 heteroatoms. The Morgan fingerprint density at radius 2 is 1.83 bits per heavy atom. The number of aromatic nitrogens is 3. The first-order valence-electron chi connectivity index (χ1n) is 8.70. The standard InChI is InChI=1S/C19H28N4/c1-6-21(7-2)12-13-22-15-10-8-9-11-16(15)23-14-17(19(3,4)5)20-18(22)23/h8-11,14H,6-7,12-13H2,1-5H3/p+1. The average molecular weight is 313 g/mol. The molecule has 0 amide bonds. The number of imidazole rings is 2. The van der Waals surface area contributed by atoms with Crippen LogP contribution in [0, 0.1) is 0 Å². The highest BCUT2D eigenvalue weighted by Gasteiger charge is 2.26. The summed E-state index contributed by atoms with van der Waals surface area (Å²) in [7, 11) is 0. The second-order valence-corrected chi connectivity index (χ2v) is 7.28. The monoisotopic (exact) mass is 313 g/mol. The van der Waals surface area contributed by atoms with Gasteiger partial charge in [0.15, 0.2) is 0 Å². The summed E-state index contributed by atoms with van der Waals surface area (Å²) in [6.07, 6.45) is 2.26. The smallest absolute Gasteiger partial charge is 0.301 e. The Morgan fingerprint density at radius 3 is 2.48 bits per heavy atom. The van der Waals surface area contributed by atoms with Gasteiger partial charge in [-0.2, -0.15) is 4.40 Å². The van der Waals surface area contributed by atoms with E-state index in [2.05, 4.69) is 83.9 Å². The number of rotatable bonds is 5. The Labute approximate surface area is 138 Å². The number of nitrogens with one attached hydrogen (secondary N) is 1. The number of benzene rings is 1. The van der Waals surface area contributed by atoms with Crippen LogP contribution in [0.2, 0.25) is 0 Å². The first kappa shape index (κ1) is 16.1. The second-order valence-electron chi connectivity index (χ2n) is 7.28. The van der Waals surface area contributed by atoms with E-state index in [1.54, 1.807) is 0 Å². The fourth-order valence-corrected chi connectivity index (χ4v) is 3.18. The van der Waals surface area contributed by atoms with E-state index in [9.17, 15) is 0 Å². The maximum absolute atomic E-state index is 3.66. The highest BCUT2D eigenvalue weighted by Crippen LogP contribution is 2.23. The predicted octanol–water partition coefficient (Wildman–Crippen LogP) is 3.35. The number of H-pyrrole nitrogens is 1. The van der Waals surface area contributed by atoms with E-state index in [0.717, 1.165) is 26.2 Å². The minimum Gasteiger partial charge on any atom is -0.301 e. The Balaban J connectivity index is 2.10. The van der Waals surface area contributed by atoms with Crippen molar-refractivity contribution in [2.45, 2.75) is 46.6 Å². The lowest BCUT2D eigenvalue weighted by atomic mass is 9.93. The van der Waals surface area contributed by atoms with Crippen molar-refractivity contribution in [2.75, 3.05) is 19.6 Å². The van der Waals surface area contributed by atoms with Gasteiger partial charge < -0.3 is 4.90 Å². The fourth-order valence-electron chi connectivity index (χ4n) is 3.18. The molecule has 1 N–H and O–H groups in total. The van der Waals surface area contributed by atoms with Gasteiger partial charge >= 0.3 is 5.78 Å². The first-order chi connectivity index (χ1) is 11.0. The Morgan fingerprint density at radius 1 is 1.13 bits per heavy atom. The lowest BCUT2D eigenvalue weighted by molar-refractivity contribution is -0.647. The molecule has 4 nitrogen and oxygen atoms in total. The summed E-state index contributed by atoms with van der Waals surface area (Å²) in [6, 6.07) is 8.67. The van der Waals surface area contributed by atoms with Gasteiger partial charge in [-0.3, -0.25) is 0 Å². The van der Waals surface area contributed by atoms with Crippen molar-refractivity contribution in [1.82, 2.24) is 14.3 Å². The van der Waals surface area contributed by atoms with Crippen molar-refractivity contribution in [3.63, 3.8) is 0 Å². The summed E-state index contributed by atoms with van der Waals surface area (Å²) in [6.45, 7) is 15.5. The normalized spacial score (nSPS) is 12.8. The molecule has 0 bridgehead atoms. The van der Waals surface area contributed by atoms with Crippen LogP contribution in [0.25, 0.3) is 16.8 Å². The Bertz CT molecular complexity index is 800. The summed E-state index contributed by atoms with van der Waals surface area (Å²) in [4.78, 5) is 6.13. The number of para-hydroxylation sites is 2. The third-order valence-corrected chi connectivity index (χ3v) is 4.76. The van der Waals surface area contributed by atoms with Crippen LogP contribution in [-0.4, -0.2) is 33.9 Å².